The zero-order chi connectivity index (χ0) is 18.6. The van der Waals surface area contributed by atoms with Crippen molar-refractivity contribution in [1.29, 1.82) is 0 Å². The van der Waals surface area contributed by atoms with Gasteiger partial charge in [-0.3, -0.25) is 0 Å². The van der Waals surface area contributed by atoms with Crippen molar-refractivity contribution in [2.45, 2.75) is 6.61 Å². The maximum Gasteiger partial charge on any atom is 0.141 e. The molecule has 1 N–H and O–H groups in total. The van der Waals surface area contributed by atoms with Gasteiger partial charge in [-0.2, -0.15) is 0 Å². The Kier molecular flexibility index (Phi) is 5.23. The van der Waals surface area contributed by atoms with Crippen molar-refractivity contribution in [2.75, 3.05) is 5.32 Å². The standard InChI is InChI=1S/C21H15BrClN3O/c22-15-5-10-20-18(11-15)21(25-13-24-20)26-16-6-8-17(9-7-16)27-12-14-3-1-2-4-19(14)23/h1-11,13H,12H2,(H,24,25,26). The maximum absolute atomic E-state index is 6.16. The number of hydrogen-bond acceptors (Lipinski definition) is 4. The van der Waals surface area contributed by atoms with Crippen LogP contribution in [0.15, 0.2) is 77.5 Å². The van der Waals surface area contributed by atoms with Gasteiger partial charge >= 0.3 is 0 Å². The Hall–Kier alpha value is -2.63. The van der Waals surface area contributed by atoms with E-state index < -0.39 is 0 Å². The highest BCUT2D eigenvalue weighted by molar-refractivity contribution is 9.10. The van der Waals surface area contributed by atoms with E-state index in [-0.39, 0.29) is 0 Å². The third kappa shape index (κ3) is 4.21. The molecule has 0 amide bonds. The van der Waals surface area contributed by atoms with Crippen LogP contribution in [0.3, 0.4) is 0 Å². The lowest BCUT2D eigenvalue weighted by atomic mass is 10.2. The summed E-state index contributed by atoms with van der Waals surface area (Å²) in [7, 11) is 0. The number of anilines is 2. The van der Waals surface area contributed by atoms with Gasteiger partial charge in [0.05, 0.1) is 5.52 Å². The summed E-state index contributed by atoms with van der Waals surface area (Å²) in [5.41, 5.74) is 2.76. The molecule has 0 bridgehead atoms. The fraction of sp³-hybridized carbons (Fsp3) is 0.0476. The van der Waals surface area contributed by atoms with Gasteiger partial charge in [0.25, 0.3) is 0 Å². The van der Waals surface area contributed by atoms with E-state index in [0.29, 0.717) is 11.6 Å². The summed E-state index contributed by atoms with van der Waals surface area (Å²) in [6.07, 6.45) is 1.56. The first-order valence-corrected chi connectivity index (χ1v) is 9.50. The quantitative estimate of drug-likeness (QED) is 0.392. The van der Waals surface area contributed by atoms with Crippen molar-refractivity contribution in [3.63, 3.8) is 0 Å². The molecule has 0 saturated heterocycles. The second kappa shape index (κ2) is 7.94. The highest BCUT2D eigenvalue weighted by Gasteiger charge is 2.06. The molecule has 3 aromatic carbocycles. The molecule has 1 heterocycles. The molecule has 0 fully saturated rings. The van der Waals surface area contributed by atoms with Gasteiger partial charge in [0.15, 0.2) is 0 Å². The average Bonchev–Trinajstić information content (AvgIpc) is 2.69. The van der Waals surface area contributed by atoms with Crippen LogP contribution in [0.25, 0.3) is 10.9 Å². The lowest BCUT2D eigenvalue weighted by Gasteiger charge is -2.11. The predicted octanol–water partition coefficient (Wildman–Crippen LogP) is 6.37. The molecule has 0 unspecified atom stereocenters. The largest absolute Gasteiger partial charge is 0.489 e. The van der Waals surface area contributed by atoms with Crippen LogP contribution in [0.4, 0.5) is 11.5 Å². The molecular weight excluding hydrogens is 426 g/mol. The van der Waals surface area contributed by atoms with Gasteiger partial charge < -0.3 is 10.1 Å². The minimum absolute atomic E-state index is 0.428. The molecule has 0 spiro atoms. The second-order valence-corrected chi connectivity index (χ2v) is 7.24. The van der Waals surface area contributed by atoms with Crippen LogP contribution in [0.2, 0.25) is 5.02 Å². The van der Waals surface area contributed by atoms with E-state index >= 15 is 0 Å². The molecule has 6 heteroatoms. The highest BCUT2D eigenvalue weighted by atomic mass is 79.9. The summed E-state index contributed by atoms with van der Waals surface area (Å²) >= 11 is 9.65. The monoisotopic (exact) mass is 439 g/mol. The number of ether oxygens (including phenoxy) is 1. The van der Waals surface area contributed by atoms with Crippen LogP contribution < -0.4 is 10.1 Å². The van der Waals surface area contributed by atoms with Crippen LogP contribution in [-0.4, -0.2) is 9.97 Å². The number of nitrogens with zero attached hydrogens (tertiary/aromatic N) is 2. The van der Waals surface area contributed by atoms with E-state index in [2.05, 4.69) is 31.2 Å². The molecule has 0 radical (unpaired) electrons. The lowest BCUT2D eigenvalue weighted by molar-refractivity contribution is 0.306. The Morgan fingerprint density at radius 1 is 0.963 bits per heavy atom. The Morgan fingerprint density at radius 2 is 1.78 bits per heavy atom. The zero-order valence-corrected chi connectivity index (χ0v) is 16.5. The Bertz CT molecular complexity index is 1090. The number of fused-ring (bicyclic) bond motifs is 1. The molecule has 0 atom stereocenters. The fourth-order valence-corrected chi connectivity index (χ4v) is 3.23. The first-order chi connectivity index (χ1) is 13.2. The molecule has 0 aliphatic heterocycles. The van der Waals surface area contributed by atoms with E-state index in [9.17, 15) is 0 Å². The molecule has 0 aliphatic rings. The van der Waals surface area contributed by atoms with E-state index in [1.165, 1.54) is 0 Å². The summed E-state index contributed by atoms with van der Waals surface area (Å²) < 4.78 is 6.80. The number of rotatable bonds is 5. The van der Waals surface area contributed by atoms with Gasteiger partial charge in [-0.25, -0.2) is 9.97 Å². The SMILES string of the molecule is Clc1ccccc1COc1ccc(Nc2ncnc3ccc(Br)cc23)cc1. The first-order valence-electron chi connectivity index (χ1n) is 8.32. The van der Waals surface area contributed by atoms with Crippen LogP contribution in [0.1, 0.15) is 5.56 Å². The van der Waals surface area contributed by atoms with E-state index in [4.69, 9.17) is 16.3 Å². The summed E-state index contributed by atoms with van der Waals surface area (Å²) in [5.74, 6) is 1.53. The maximum atomic E-state index is 6.16. The van der Waals surface area contributed by atoms with Gasteiger partial charge in [0.1, 0.15) is 24.5 Å². The van der Waals surface area contributed by atoms with Gasteiger partial charge in [0.2, 0.25) is 0 Å². The summed E-state index contributed by atoms with van der Waals surface area (Å²) in [4.78, 5) is 8.66. The van der Waals surface area contributed by atoms with Crippen molar-refractivity contribution in [2.24, 2.45) is 0 Å². The third-order valence-electron chi connectivity index (χ3n) is 4.07. The van der Waals surface area contributed by atoms with E-state index in [1.807, 2.05) is 66.7 Å². The van der Waals surface area contributed by atoms with Crippen LogP contribution in [0, 0.1) is 0 Å². The Labute approximate surface area is 170 Å². The zero-order valence-electron chi connectivity index (χ0n) is 14.2. The number of aromatic nitrogens is 2. The highest BCUT2D eigenvalue weighted by Crippen LogP contribution is 2.27. The first kappa shape index (κ1) is 17.8. The van der Waals surface area contributed by atoms with Crippen molar-refractivity contribution in [3.8, 4) is 5.75 Å². The summed E-state index contributed by atoms with van der Waals surface area (Å²) in [6.45, 7) is 0.428. The van der Waals surface area contributed by atoms with Gasteiger partial charge in [-0.1, -0.05) is 45.7 Å². The number of benzene rings is 3. The summed E-state index contributed by atoms with van der Waals surface area (Å²) in [5, 5.41) is 4.99. The van der Waals surface area contributed by atoms with Gasteiger partial charge in [0, 0.05) is 26.1 Å². The fourth-order valence-electron chi connectivity index (χ4n) is 2.68. The number of nitrogens with one attached hydrogen (secondary N) is 1. The molecular formula is C21H15BrClN3O. The Balaban J connectivity index is 1.48. The molecule has 0 aliphatic carbocycles. The molecule has 4 aromatic rings. The van der Waals surface area contributed by atoms with E-state index in [0.717, 1.165) is 38.2 Å². The van der Waals surface area contributed by atoms with Crippen LogP contribution in [0.5, 0.6) is 5.75 Å². The lowest BCUT2D eigenvalue weighted by Crippen LogP contribution is -1.98. The number of hydrogen-bond donors (Lipinski definition) is 1. The van der Waals surface area contributed by atoms with Crippen molar-refractivity contribution < 1.29 is 4.74 Å². The second-order valence-electron chi connectivity index (χ2n) is 5.91. The topological polar surface area (TPSA) is 47.0 Å². The molecule has 4 nitrogen and oxygen atoms in total. The minimum atomic E-state index is 0.428. The molecule has 27 heavy (non-hydrogen) atoms. The third-order valence-corrected chi connectivity index (χ3v) is 4.93. The van der Waals surface area contributed by atoms with Gasteiger partial charge in [-0.15, -0.1) is 0 Å². The molecule has 1 aromatic heterocycles. The van der Waals surface area contributed by atoms with Crippen molar-refractivity contribution in [1.82, 2.24) is 9.97 Å². The molecule has 134 valence electrons. The minimum Gasteiger partial charge on any atom is -0.489 e. The predicted molar refractivity (Wildman–Crippen MR) is 113 cm³/mol. The smallest absolute Gasteiger partial charge is 0.141 e. The van der Waals surface area contributed by atoms with Crippen molar-refractivity contribution >= 4 is 49.9 Å². The normalized spacial score (nSPS) is 10.7. The molecule has 4 rings (SSSR count). The summed E-state index contributed by atoms with van der Waals surface area (Å²) in [6, 6.07) is 21.3. The van der Waals surface area contributed by atoms with Crippen LogP contribution in [-0.2, 0) is 6.61 Å². The van der Waals surface area contributed by atoms with E-state index in [1.54, 1.807) is 6.33 Å². The number of halogens is 2. The van der Waals surface area contributed by atoms with Gasteiger partial charge in [-0.05, 0) is 48.5 Å². The van der Waals surface area contributed by atoms with Crippen LogP contribution >= 0.6 is 27.5 Å². The Morgan fingerprint density at radius 3 is 2.59 bits per heavy atom. The average molecular weight is 441 g/mol. The molecule has 0 saturated carbocycles. The van der Waals surface area contributed by atoms with Crippen molar-refractivity contribution in [3.05, 3.63) is 88.1 Å².